The average molecular weight is 438 g/mol. The molecule has 0 spiro atoms. The van der Waals surface area contributed by atoms with Crippen LogP contribution in [-0.4, -0.2) is 44.1 Å². The van der Waals surface area contributed by atoms with Crippen molar-refractivity contribution in [2.75, 3.05) is 25.2 Å². The average Bonchev–Trinajstić information content (AvgIpc) is 2.77. The van der Waals surface area contributed by atoms with Crippen LogP contribution in [0.25, 0.3) is 6.08 Å². The van der Waals surface area contributed by atoms with Crippen molar-refractivity contribution in [2.24, 2.45) is 0 Å². The third-order valence-corrected chi connectivity index (χ3v) is 4.54. The predicted molar refractivity (Wildman–Crippen MR) is 116 cm³/mol. The highest BCUT2D eigenvalue weighted by Crippen LogP contribution is 2.30. The fraction of sp³-hybridized carbons (Fsp3) is 0.217. The molecule has 1 heterocycles. The number of carbonyl (C=O) groups excluding carboxylic acids is 4. The molecular weight excluding hydrogens is 416 g/mol. The minimum Gasteiger partial charge on any atom is -0.493 e. The third kappa shape index (κ3) is 4.61. The maximum absolute atomic E-state index is 13.0. The second-order valence-corrected chi connectivity index (χ2v) is 6.57. The molecule has 0 unspecified atom stereocenters. The van der Waals surface area contributed by atoms with Crippen LogP contribution >= 0.6 is 0 Å². The fourth-order valence-electron chi connectivity index (χ4n) is 3.07. The summed E-state index contributed by atoms with van der Waals surface area (Å²) >= 11 is 0. The first-order valence-electron chi connectivity index (χ1n) is 9.89. The Morgan fingerprint density at radius 2 is 1.72 bits per heavy atom. The number of nitrogens with zero attached hydrogens (tertiary/aromatic N) is 1. The molecule has 2 aromatic rings. The van der Waals surface area contributed by atoms with Gasteiger partial charge in [-0.15, -0.1) is 0 Å². The Morgan fingerprint density at radius 3 is 2.34 bits per heavy atom. The van der Waals surface area contributed by atoms with E-state index >= 15 is 0 Å². The minimum absolute atomic E-state index is 0.198. The third-order valence-electron chi connectivity index (χ3n) is 4.54. The zero-order chi connectivity index (χ0) is 23.3. The molecule has 0 aliphatic carbocycles. The maximum atomic E-state index is 13.0. The van der Waals surface area contributed by atoms with Crippen molar-refractivity contribution >= 4 is 35.6 Å². The van der Waals surface area contributed by atoms with Crippen molar-refractivity contribution in [1.29, 1.82) is 0 Å². The molecule has 32 heavy (non-hydrogen) atoms. The van der Waals surface area contributed by atoms with Crippen molar-refractivity contribution in [1.82, 2.24) is 5.32 Å². The summed E-state index contributed by atoms with van der Waals surface area (Å²) in [5, 5.41) is 2.16. The van der Waals surface area contributed by atoms with Gasteiger partial charge in [0.15, 0.2) is 11.5 Å². The quantitative estimate of drug-likeness (QED) is 0.402. The Balaban J connectivity index is 1.93. The molecule has 0 saturated carbocycles. The molecule has 2 aromatic carbocycles. The number of carbonyl (C=O) groups is 4. The molecule has 1 saturated heterocycles. The van der Waals surface area contributed by atoms with E-state index in [1.165, 1.54) is 37.5 Å². The summed E-state index contributed by atoms with van der Waals surface area (Å²) in [6.45, 7) is 4.13. The lowest BCUT2D eigenvalue weighted by Gasteiger charge is -2.26. The number of hydrogen-bond acceptors (Lipinski definition) is 7. The van der Waals surface area contributed by atoms with Gasteiger partial charge in [-0.3, -0.25) is 14.9 Å². The van der Waals surface area contributed by atoms with E-state index in [9.17, 15) is 19.2 Å². The number of rotatable bonds is 7. The van der Waals surface area contributed by atoms with Crippen LogP contribution in [-0.2, 0) is 14.3 Å². The van der Waals surface area contributed by atoms with Crippen LogP contribution < -0.4 is 19.7 Å². The van der Waals surface area contributed by atoms with Crippen LogP contribution in [0, 0.1) is 0 Å². The number of urea groups is 1. The fourth-order valence-corrected chi connectivity index (χ4v) is 3.07. The van der Waals surface area contributed by atoms with Crippen molar-refractivity contribution in [3.05, 3.63) is 59.2 Å². The topological polar surface area (TPSA) is 111 Å². The van der Waals surface area contributed by atoms with Gasteiger partial charge in [-0.2, -0.15) is 0 Å². The number of esters is 1. The Bertz CT molecular complexity index is 1090. The van der Waals surface area contributed by atoms with Gasteiger partial charge in [-0.05, 0) is 61.9 Å². The number of barbiturate groups is 1. The molecule has 166 valence electrons. The van der Waals surface area contributed by atoms with E-state index in [1.807, 2.05) is 6.92 Å². The van der Waals surface area contributed by atoms with E-state index in [0.29, 0.717) is 23.7 Å². The standard InChI is InChI=1S/C23H22N2O7/c1-4-31-19-13-14(6-11-18(19)30-3)12-17-20(26)24-23(29)25(21(17)27)16-9-7-15(8-10-16)22(28)32-5-2/h6-13H,4-5H2,1-3H3,(H,24,26,29)/b17-12+. The molecule has 0 aromatic heterocycles. The van der Waals surface area contributed by atoms with E-state index in [2.05, 4.69) is 5.32 Å². The van der Waals surface area contributed by atoms with Crippen LogP contribution in [0.1, 0.15) is 29.8 Å². The van der Waals surface area contributed by atoms with Crippen molar-refractivity contribution in [3.8, 4) is 11.5 Å². The van der Waals surface area contributed by atoms with Crippen LogP contribution in [0.3, 0.4) is 0 Å². The molecule has 1 aliphatic heterocycles. The summed E-state index contributed by atoms with van der Waals surface area (Å²) in [6, 6.07) is 9.78. The van der Waals surface area contributed by atoms with Gasteiger partial charge in [-0.1, -0.05) is 6.07 Å². The molecule has 1 fully saturated rings. The van der Waals surface area contributed by atoms with Gasteiger partial charge in [-0.25, -0.2) is 14.5 Å². The van der Waals surface area contributed by atoms with Gasteiger partial charge >= 0.3 is 12.0 Å². The first-order valence-corrected chi connectivity index (χ1v) is 9.89. The Labute approximate surface area is 184 Å². The van der Waals surface area contributed by atoms with Gasteiger partial charge < -0.3 is 14.2 Å². The van der Waals surface area contributed by atoms with Crippen molar-refractivity contribution < 1.29 is 33.4 Å². The molecule has 0 atom stereocenters. The van der Waals surface area contributed by atoms with Crippen LogP contribution in [0.4, 0.5) is 10.5 Å². The Morgan fingerprint density at radius 1 is 1.00 bits per heavy atom. The summed E-state index contributed by atoms with van der Waals surface area (Å²) in [7, 11) is 1.50. The number of imide groups is 2. The van der Waals surface area contributed by atoms with Gasteiger partial charge in [0.1, 0.15) is 5.57 Å². The second kappa shape index (κ2) is 9.78. The lowest BCUT2D eigenvalue weighted by atomic mass is 10.1. The largest absolute Gasteiger partial charge is 0.493 e. The molecule has 0 radical (unpaired) electrons. The number of amides is 4. The van der Waals surface area contributed by atoms with Gasteiger partial charge in [0.05, 0.1) is 31.6 Å². The molecule has 1 N–H and O–H groups in total. The normalized spacial score (nSPS) is 14.9. The van der Waals surface area contributed by atoms with Crippen LogP contribution in [0.5, 0.6) is 11.5 Å². The van der Waals surface area contributed by atoms with Crippen LogP contribution in [0.2, 0.25) is 0 Å². The SMILES string of the molecule is CCOC(=O)c1ccc(N2C(=O)NC(=O)/C(=C\c3ccc(OC)c(OCC)c3)C2=O)cc1. The minimum atomic E-state index is -0.884. The van der Waals surface area contributed by atoms with Crippen molar-refractivity contribution in [3.63, 3.8) is 0 Å². The molecule has 4 amide bonds. The van der Waals surface area contributed by atoms with E-state index in [4.69, 9.17) is 14.2 Å². The highest BCUT2D eigenvalue weighted by molar-refractivity contribution is 6.39. The molecule has 1 aliphatic rings. The molecule has 9 nitrogen and oxygen atoms in total. The number of methoxy groups -OCH3 is 1. The zero-order valence-electron chi connectivity index (χ0n) is 17.8. The number of nitrogens with one attached hydrogen (secondary N) is 1. The summed E-state index contributed by atoms with van der Waals surface area (Å²) in [6.07, 6.45) is 1.37. The Hall–Kier alpha value is -4.14. The van der Waals surface area contributed by atoms with Gasteiger partial charge in [0.25, 0.3) is 11.8 Å². The molecule has 3 rings (SSSR count). The summed E-state index contributed by atoms with van der Waals surface area (Å²) in [4.78, 5) is 50.4. The van der Waals surface area contributed by atoms with E-state index in [0.717, 1.165) is 4.90 Å². The lowest BCUT2D eigenvalue weighted by Crippen LogP contribution is -2.54. The van der Waals surface area contributed by atoms with Gasteiger partial charge in [0.2, 0.25) is 0 Å². The highest BCUT2D eigenvalue weighted by atomic mass is 16.5. The molecule has 0 bridgehead atoms. The highest BCUT2D eigenvalue weighted by Gasteiger charge is 2.36. The molecular formula is C23H22N2O7. The van der Waals surface area contributed by atoms with E-state index < -0.39 is 23.8 Å². The smallest absolute Gasteiger partial charge is 0.338 e. The van der Waals surface area contributed by atoms with E-state index in [1.54, 1.807) is 25.1 Å². The summed E-state index contributed by atoms with van der Waals surface area (Å²) in [5.41, 5.74) is 0.754. The van der Waals surface area contributed by atoms with Crippen LogP contribution in [0.15, 0.2) is 48.0 Å². The molecule has 9 heteroatoms. The maximum Gasteiger partial charge on any atom is 0.338 e. The number of ether oxygens (including phenoxy) is 3. The predicted octanol–water partition coefficient (Wildman–Crippen LogP) is 2.94. The lowest BCUT2D eigenvalue weighted by molar-refractivity contribution is -0.122. The first-order chi connectivity index (χ1) is 15.4. The van der Waals surface area contributed by atoms with Crippen molar-refractivity contribution in [2.45, 2.75) is 13.8 Å². The monoisotopic (exact) mass is 438 g/mol. The number of benzene rings is 2. The summed E-state index contributed by atoms with van der Waals surface area (Å²) < 4.78 is 15.7. The number of anilines is 1. The number of hydrogen-bond donors (Lipinski definition) is 1. The summed E-state index contributed by atoms with van der Waals surface area (Å²) in [5.74, 6) is -1.17. The Kier molecular flexibility index (Phi) is 6.89. The second-order valence-electron chi connectivity index (χ2n) is 6.57. The van der Waals surface area contributed by atoms with Gasteiger partial charge in [0, 0.05) is 0 Å². The zero-order valence-corrected chi connectivity index (χ0v) is 17.8. The first kappa shape index (κ1) is 22.5. The van der Waals surface area contributed by atoms with E-state index in [-0.39, 0.29) is 23.4 Å².